The summed E-state index contributed by atoms with van der Waals surface area (Å²) < 4.78 is 5.66. The number of carboxylic acids is 1. The molecule has 3 unspecified atom stereocenters. The summed E-state index contributed by atoms with van der Waals surface area (Å²) in [6.07, 6.45) is 1.89. The van der Waals surface area contributed by atoms with Crippen molar-refractivity contribution in [3.05, 3.63) is 59.7 Å². The summed E-state index contributed by atoms with van der Waals surface area (Å²) in [6.45, 7) is 4.12. The number of hydrogen-bond donors (Lipinski definition) is 3. The maximum atomic E-state index is 13.0. The van der Waals surface area contributed by atoms with Crippen LogP contribution in [0.5, 0.6) is 0 Å². The van der Waals surface area contributed by atoms with E-state index in [9.17, 15) is 19.5 Å². The van der Waals surface area contributed by atoms with Crippen molar-refractivity contribution in [2.75, 3.05) is 6.61 Å². The van der Waals surface area contributed by atoms with Crippen LogP contribution < -0.4 is 10.6 Å². The number of carboxylic acid groups (broad SMARTS) is 1. The molecule has 0 radical (unpaired) electrons. The minimum absolute atomic E-state index is 0.00356. The first-order valence-electron chi connectivity index (χ1n) is 12.4. The third-order valence-electron chi connectivity index (χ3n) is 7.84. The summed E-state index contributed by atoms with van der Waals surface area (Å²) in [6, 6.07) is 15.4. The van der Waals surface area contributed by atoms with E-state index in [1.165, 1.54) is 11.1 Å². The first-order chi connectivity index (χ1) is 16.8. The summed E-state index contributed by atoms with van der Waals surface area (Å²) in [5.74, 6) is -0.874. The van der Waals surface area contributed by atoms with Crippen molar-refractivity contribution in [3.63, 3.8) is 0 Å². The molecule has 2 aromatic carbocycles. The highest BCUT2D eigenvalue weighted by molar-refractivity contribution is 5.90. The number of alkyl carbamates (subject to hydrolysis) is 1. The number of hydrogen-bond acceptors (Lipinski definition) is 4. The summed E-state index contributed by atoms with van der Waals surface area (Å²) in [5, 5.41) is 15.2. The van der Waals surface area contributed by atoms with Gasteiger partial charge in [0.05, 0.1) is 5.41 Å². The fourth-order valence-electron chi connectivity index (χ4n) is 6.09. The van der Waals surface area contributed by atoms with E-state index in [4.69, 9.17) is 4.74 Å². The lowest BCUT2D eigenvalue weighted by Gasteiger charge is -2.22. The summed E-state index contributed by atoms with van der Waals surface area (Å²) in [5.41, 5.74) is 4.12. The fourth-order valence-corrected chi connectivity index (χ4v) is 6.09. The van der Waals surface area contributed by atoms with E-state index in [0.29, 0.717) is 19.3 Å². The van der Waals surface area contributed by atoms with E-state index in [-0.39, 0.29) is 36.3 Å². The zero-order valence-electron chi connectivity index (χ0n) is 20.1. The summed E-state index contributed by atoms with van der Waals surface area (Å²) in [4.78, 5) is 37.2. The van der Waals surface area contributed by atoms with Gasteiger partial charge in [-0.15, -0.1) is 0 Å². The molecule has 4 atom stereocenters. The van der Waals surface area contributed by atoms with Gasteiger partial charge in [-0.3, -0.25) is 4.79 Å². The van der Waals surface area contributed by atoms with Crippen LogP contribution in [0.4, 0.5) is 4.79 Å². The molecule has 3 aliphatic carbocycles. The Bertz CT molecular complexity index is 1120. The Labute approximate surface area is 205 Å². The van der Waals surface area contributed by atoms with Gasteiger partial charge >= 0.3 is 12.1 Å². The topological polar surface area (TPSA) is 105 Å². The second-order valence-electron chi connectivity index (χ2n) is 10.7. The Hall–Kier alpha value is -3.35. The van der Waals surface area contributed by atoms with Gasteiger partial charge in [0.2, 0.25) is 5.91 Å². The molecule has 0 saturated heterocycles. The predicted molar refractivity (Wildman–Crippen MR) is 131 cm³/mol. The van der Waals surface area contributed by atoms with E-state index in [1.807, 2.05) is 38.1 Å². The highest BCUT2D eigenvalue weighted by Crippen LogP contribution is 2.63. The lowest BCUT2D eigenvalue weighted by Crippen LogP contribution is -2.46. The molecule has 2 saturated carbocycles. The number of ether oxygens (including phenoxy) is 1. The molecule has 2 amide bonds. The zero-order chi connectivity index (χ0) is 24.7. The smallest absolute Gasteiger partial charge is 0.407 e. The average molecular weight is 477 g/mol. The molecular weight excluding hydrogens is 444 g/mol. The molecule has 5 rings (SSSR count). The van der Waals surface area contributed by atoms with Crippen molar-refractivity contribution in [2.24, 2.45) is 17.3 Å². The lowest BCUT2D eigenvalue weighted by molar-refractivity contribution is -0.143. The van der Waals surface area contributed by atoms with Gasteiger partial charge in [0.1, 0.15) is 12.6 Å². The molecular formula is C28H32N2O5. The number of rotatable bonds is 8. The van der Waals surface area contributed by atoms with Gasteiger partial charge in [-0.2, -0.15) is 0 Å². The van der Waals surface area contributed by atoms with Gasteiger partial charge in [0.15, 0.2) is 0 Å². The Morgan fingerprint density at radius 3 is 2.26 bits per heavy atom. The number of nitrogens with one attached hydrogen (secondary N) is 2. The molecule has 35 heavy (non-hydrogen) atoms. The number of fused-ring (bicyclic) bond motifs is 4. The minimum Gasteiger partial charge on any atom is -0.480 e. The van der Waals surface area contributed by atoms with Gasteiger partial charge in [0, 0.05) is 12.0 Å². The van der Waals surface area contributed by atoms with Crippen LogP contribution in [0.1, 0.15) is 56.6 Å². The number of carbonyl (C=O) groups is 3. The molecule has 184 valence electrons. The quantitative estimate of drug-likeness (QED) is 0.527. The van der Waals surface area contributed by atoms with Crippen molar-refractivity contribution in [3.8, 4) is 11.1 Å². The highest BCUT2D eigenvalue weighted by atomic mass is 16.5. The van der Waals surface area contributed by atoms with Crippen LogP contribution in [0.3, 0.4) is 0 Å². The Morgan fingerprint density at radius 1 is 1.03 bits per heavy atom. The van der Waals surface area contributed by atoms with Gasteiger partial charge in [-0.05, 0) is 59.8 Å². The first-order valence-corrected chi connectivity index (χ1v) is 12.4. The Morgan fingerprint density at radius 2 is 1.66 bits per heavy atom. The van der Waals surface area contributed by atoms with Gasteiger partial charge < -0.3 is 20.5 Å². The number of carbonyl (C=O) groups excluding carboxylic acids is 2. The van der Waals surface area contributed by atoms with E-state index in [1.54, 1.807) is 0 Å². The van der Waals surface area contributed by atoms with Crippen molar-refractivity contribution >= 4 is 18.0 Å². The van der Waals surface area contributed by atoms with Gasteiger partial charge in [-0.1, -0.05) is 62.4 Å². The normalized spacial score (nSPS) is 24.8. The van der Waals surface area contributed by atoms with Crippen LogP contribution in [0.15, 0.2) is 48.5 Å². The standard InChI is InChI=1S/C28H32N2O5/c1-16(2)11-24(25(31)32)30-26(33)28-13-17(28)12-18(14-28)29-27(34)35-15-23-21-9-5-3-7-19(21)20-8-4-6-10-22(20)23/h3-10,16-18,23-24H,11-15H2,1-2H3,(H,29,34)(H,30,33)(H,31,32)/t17?,18?,24-,28?/m0/s1. The van der Waals surface area contributed by atoms with E-state index in [0.717, 1.165) is 17.5 Å². The van der Waals surface area contributed by atoms with Crippen LogP contribution >= 0.6 is 0 Å². The predicted octanol–water partition coefficient (Wildman–Crippen LogP) is 4.31. The molecule has 0 spiro atoms. The molecule has 2 aromatic rings. The molecule has 0 heterocycles. The zero-order valence-corrected chi connectivity index (χ0v) is 20.1. The van der Waals surface area contributed by atoms with Crippen LogP contribution in [-0.4, -0.2) is 41.8 Å². The number of amides is 2. The molecule has 0 aliphatic heterocycles. The van der Waals surface area contributed by atoms with Crippen molar-refractivity contribution in [1.29, 1.82) is 0 Å². The lowest BCUT2D eigenvalue weighted by atomic mass is 9.98. The van der Waals surface area contributed by atoms with Crippen LogP contribution in [0, 0.1) is 17.3 Å². The molecule has 7 nitrogen and oxygen atoms in total. The average Bonchev–Trinajstić information content (AvgIpc) is 3.25. The van der Waals surface area contributed by atoms with Crippen molar-refractivity contribution in [2.45, 2.75) is 57.5 Å². The highest BCUT2D eigenvalue weighted by Gasteiger charge is 2.65. The molecule has 0 bridgehead atoms. The Balaban J connectivity index is 1.16. The fraction of sp³-hybridized carbons (Fsp3) is 0.464. The second-order valence-corrected chi connectivity index (χ2v) is 10.7. The van der Waals surface area contributed by atoms with Crippen LogP contribution in [0.25, 0.3) is 11.1 Å². The van der Waals surface area contributed by atoms with E-state index in [2.05, 4.69) is 34.9 Å². The molecule has 3 aliphatic rings. The molecule has 3 N–H and O–H groups in total. The van der Waals surface area contributed by atoms with Gasteiger partial charge in [-0.25, -0.2) is 9.59 Å². The van der Waals surface area contributed by atoms with E-state index < -0.39 is 23.5 Å². The maximum Gasteiger partial charge on any atom is 0.407 e. The SMILES string of the molecule is CC(C)C[C@H](NC(=O)C12CC(NC(=O)OCC3c4ccccc4-c4ccccc43)CC1C2)C(=O)O. The van der Waals surface area contributed by atoms with Crippen LogP contribution in [0.2, 0.25) is 0 Å². The molecule has 7 heteroatoms. The number of benzene rings is 2. The van der Waals surface area contributed by atoms with Crippen molar-refractivity contribution < 1.29 is 24.2 Å². The van der Waals surface area contributed by atoms with E-state index >= 15 is 0 Å². The monoisotopic (exact) mass is 476 g/mol. The maximum absolute atomic E-state index is 13.0. The largest absolute Gasteiger partial charge is 0.480 e. The van der Waals surface area contributed by atoms with Gasteiger partial charge in [0.25, 0.3) is 0 Å². The van der Waals surface area contributed by atoms with Crippen molar-refractivity contribution in [1.82, 2.24) is 10.6 Å². The second kappa shape index (κ2) is 9.02. The minimum atomic E-state index is -1.01. The molecule has 2 fully saturated rings. The third-order valence-corrected chi connectivity index (χ3v) is 7.84. The Kier molecular flexibility index (Phi) is 6.03. The number of aliphatic carboxylic acids is 1. The van der Waals surface area contributed by atoms with Crippen LogP contribution in [-0.2, 0) is 14.3 Å². The summed E-state index contributed by atoms with van der Waals surface area (Å²) >= 11 is 0. The third kappa shape index (κ3) is 4.40. The molecule has 0 aromatic heterocycles. The first kappa shape index (κ1) is 23.4. The summed E-state index contributed by atoms with van der Waals surface area (Å²) in [7, 11) is 0.